The molecule has 0 radical (unpaired) electrons. The van der Waals surface area contributed by atoms with Crippen molar-refractivity contribution >= 4 is 15.9 Å². The summed E-state index contributed by atoms with van der Waals surface area (Å²) in [5.74, 6) is -0.195. The Labute approximate surface area is 143 Å². The molecule has 0 aliphatic carbocycles. The third kappa shape index (κ3) is 3.63. The first-order valence-electron chi connectivity index (χ1n) is 8.42. The summed E-state index contributed by atoms with van der Waals surface area (Å²) < 4.78 is 32.5. The summed E-state index contributed by atoms with van der Waals surface area (Å²) >= 11 is 0. The maximum Gasteiger partial charge on any atom is 0.243 e. The van der Waals surface area contributed by atoms with Gasteiger partial charge in [0.25, 0.3) is 0 Å². The van der Waals surface area contributed by atoms with Crippen molar-refractivity contribution in [2.45, 2.75) is 24.7 Å². The minimum Gasteiger partial charge on any atom is -0.378 e. The molecule has 1 unspecified atom stereocenters. The van der Waals surface area contributed by atoms with Crippen molar-refractivity contribution in [2.24, 2.45) is 5.92 Å². The topological polar surface area (TPSA) is 66.9 Å². The summed E-state index contributed by atoms with van der Waals surface area (Å²) in [6, 6.07) is 6.93. The molecule has 6 nitrogen and oxygen atoms in total. The van der Waals surface area contributed by atoms with E-state index in [9.17, 15) is 13.2 Å². The molecule has 7 heteroatoms. The number of carbonyl (C=O) groups is 1. The number of morpholine rings is 1. The lowest BCUT2D eigenvalue weighted by Gasteiger charge is -2.35. The zero-order chi connectivity index (χ0) is 17.2. The van der Waals surface area contributed by atoms with Crippen LogP contribution in [0.3, 0.4) is 0 Å². The van der Waals surface area contributed by atoms with Gasteiger partial charge in [0, 0.05) is 26.2 Å². The van der Waals surface area contributed by atoms with Gasteiger partial charge in [-0.3, -0.25) is 4.79 Å². The molecule has 0 saturated carbocycles. The van der Waals surface area contributed by atoms with E-state index in [1.165, 1.54) is 4.31 Å². The van der Waals surface area contributed by atoms with E-state index in [0.29, 0.717) is 44.2 Å². The fourth-order valence-corrected chi connectivity index (χ4v) is 4.96. The minimum absolute atomic E-state index is 0.0578. The van der Waals surface area contributed by atoms with Gasteiger partial charge in [0.1, 0.15) is 0 Å². The van der Waals surface area contributed by atoms with E-state index in [2.05, 4.69) is 0 Å². The van der Waals surface area contributed by atoms with Crippen molar-refractivity contribution < 1.29 is 17.9 Å². The molecule has 0 bridgehead atoms. The third-order valence-corrected chi connectivity index (χ3v) is 6.54. The molecule has 1 atom stereocenters. The number of hydrogen-bond donors (Lipinski definition) is 0. The smallest absolute Gasteiger partial charge is 0.243 e. The Morgan fingerprint density at radius 2 is 1.96 bits per heavy atom. The maximum atomic E-state index is 12.9. The van der Waals surface area contributed by atoms with E-state index in [1.54, 1.807) is 23.1 Å². The molecule has 2 aliphatic heterocycles. The van der Waals surface area contributed by atoms with Gasteiger partial charge in [-0.2, -0.15) is 4.31 Å². The molecule has 0 aromatic heterocycles. The van der Waals surface area contributed by atoms with Crippen LogP contribution in [0.4, 0.5) is 0 Å². The van der Waals surface area contributed by atoms with Crippen LogP contribution in [0.1, 0.15) is 18.4 Å². The fraction of sp³-hybridized carbons (Fsp3) is 0.588. The molecule has 0 N–H and O–H groups in total. The number of sulfonamides is 1. The monoisotopic (exact) mass is 352 g/mol. The largest absolute Gasteiger partial charge is 0.378 e. The molecule has 2 fully saturated rings. The van der Waals surface area contributed by atoms with Crippen LogP contribution >= 0.6 is 0 Å². The molecule has 0 spiro atoms. The summed E-state index contributed by atoms with van der Waals surface area (Å²) in [5, 5.41) is 0. The summed E-state index contributed by atoms with van der Waals surface area (Å²) in [6.07, 6.45) is 1.46. The Hall–Kier alpha value is -1.44. The second-order valence-corrected chi connectivity index (χ2v) is 8.39. The molecular weight excluding hydrogens is 328 g/mol. The minimum atomic E-state index is -3.54. The zero-order valence-electron chi connectivity index (χ0n) is 14.0. The Balaban J connectivity index is 1.74. The third-order valence-electron chi connectivity index (χ3n) is 4.68. The lowest BCUT2D eigenvalue weighted by molar-refractivity contribution is -0.140. The number of ether oxygens (including phenoxy) is 1. The molecule has 2 saturated heterocycles. The lowest BCUT2D eigenvalue weighted by atomic mass is 9.98. The highest BCUT2D eigenvalue weighted by Crippen LogP contribution is 2.25. The first-order valence-corrected chi connectivity index (χ1v) is 9.86. The zero-order valence-corrected chi connectivity index (χ0v) is 14.8. The number of amides is 1. The summed E-state index contributed by atoms with van der Waals surface area (Å²) in [4.78, 5) is 14.8. The van der Waals surface area contributed by atoms with Crippen molar-refractivity contribution in [2.75, 3.05) is 39.4 Å². The Morgan fingerprint density at radius 1 is 1.21 bits per heavy atom. The highest BCUT2D eigenvalue weighted by Gasteiger charge is 2.35. The summed E-state index contributed by atoms with van der Waals surface area (Å²) in [6.45, 7) is 4.93. The highest BCUT2D eigenvalue weighted by molar-refractivity contribution is 7.89. The van der Waals surface area contributed by atoms with Gasteiger partial charge >= 0.3 is 0 Å². The number of piperidine rings is 1. The van der Waals surface area contributed by atoms with Crippen LogP contribution in [-0.2, 0) is 19.6 Å². The molecule has 2 heterocycles. The second-order valence-electron chi connectivity index (χ2n) is 6.46. The molecule has 1 amide bonds. The molecular formula is C17H24N2O4S. The lowest BCUT2D eigenvalue weighted by Crippen LogP contribution is -2.49. The predicted molar refractivity (Wildman–Crippen MR) is 90.1 cm³/mol. The van der Waals surface area contributed by atoms with Gasteiger partial charge in [-0.25, -0.2) is 8.42 Å². The van der Waals surface area contributed by atoms with Crippen molar-refractivity contribution in [3.63, 3.8) is 0 Å². The van der Waals surface area contributed by atoms with Gasteiger partial charge < -0.3 is 9.64 Å². The van der Waals surface area contributed by atoms with Crippen LogP contribution in [-0.4, -0.2) is 62.9 Å². The van der Waals surface area contributed by atoms with Crippen LogP contribution in [0.5, 0.6) is 0 Å². The number of aryl methyl sites for hydroxylation is 1. The van der Waals surface area contributed by atoms with Crippen molar-refractivity contribution in [1.82, 2.24) is 9.21 Å². The van der Waals surface area contributed by atoms with Gasteiger partial charge in [0.15, 0.2) is 0 Å². The van der Waals surface area contributed by atoms with E-state index >= 15 is 0 Å². The second kappa shape index (κ2) is 7.21. The average Bonchev–Trinajstić information content (AvgIpc) is 2.62. The SMILES string of the molecule is Cc1cccc(S(=O)(=O)N2CCCC(C(=O)N3CCOCC3)C2)c1. The quantitative estimate of drug-likeness (QED) is 0.821. The van der Waals surface area contributed by atoms with Crippen molar-refractivity contribution in [3.8, 4) is 0 Å². The van der Waals surface area contributed by atoms with E-state index < -0.39 is 10.0 Å². The molecule has 1 aromatic rings. The number of nitrogens with zero attached hydrogens (tertiary/aromatic N) is 2. The van der Waals surface area contributed by atoms with E-state index in [1.807, 2.05) is 13.0 Å². The molecule has 24 heavy (non-hydrogen) atoms. The normalized spacial score (nSPS) is 23.2. The van der Waals surface area contributed by atoms with Gasteiger partial charge in [-0.15, -0.1) is 0 Å². The Bertz CT molecular complexity index is 698. The van der Waals surface area contributed by atoms with E-state index in [4.69, 9.17) is 4.74 Å². The van der Waals surface area contributed by atoms with Crippen LogP contribution in [0, 0.1) is 12.8 Å². The predicted octanol–water partition coefficient (Wildman–Crippen LogP) is 1.25. The van der Waals surface area contributed by atoms with Crippen LogP contribution in [0.2, 0.25) is 0 Å². The van der Waals surface area contributed by atoms with Crippen molar-refractivity contribution in [3.05, 3.63) is 29.8 Å². The van der Waals surface area contributed by atoms with Crippen molar-refractivity contribution in [1.29, 1.82) is 0 Å². The number of rotatable bonds is 3. The number of hydrogen-bond acceptors (Lipinski definition) is 4. The average molecular weight is 352 g/mol. The number of carbonyl (C=O) groups excluding carboxylic acids is 1. The molecule has 132 valence electrons. The van der Waals surface area contributed by atoms with E-state index in [-0.39, 0.29) is 18.4 Å². The standard InChI is InChI=1S/C17H24N2O4S/c1-14-4-2-6-16(12-14)24(21,22)19-7-3-5-15(13-19)17(20)18-8-10-23-11-9-18/h2,4,6,12,15H,3,5,7-11,13H2,1H3. The van der Waals surface area contributed by atoms with Crippen LogP contribution in [0.25, 0.3) is 0 Å². The number of benzene rings is 1. The Kier molecular flexibility index (Phi) is 5.22. The first-order chi connectivity index (χ1) is 11.5. The fourth-order valence-electron chi connectivity index (χ4n) is 3.33. The molecule has 2 aliphatic rings. The maximum absolute atomic E-state index is 12.9. The van der Waals surface area contributed by atoms with Gasteiger partial charge in [-0.05, 0) is 37.5 Å². The summed E-state index contributed by atoms with van der Waals surface area (Å²) in [5.41, 5.74) is 0.911. The first kappa shape index (κ1) is 17.4. The van der Waals surface area contributed by atoms with Crippen LogP contribution in [0.15, 0.2) is 29.2 Å². The van der Waals surface area contributed by atoms with E-state index in [0.717, 1.165) is 12.0 Å². The summed E-state index contributed by atoms with van der Waals surface area (Å²) in [7, 11) is -3.54. The highest BCUT2D eigenvalue weighted by atomic mass is 32.2. The Morgan fingerprint density at radius 3 is 2.67 bits per heavy atom. The van der Waals surface area contributed by atoms with Crippen LogP contribution < -0.4 is 0 Å². The van der Waals surface area contributed by atoms with Gasteiger partial charge in [0.2, 0.25) is 15.9 Å². The van der Waals surface area contributed by atoms with Gasteiger partial charge in [0.05, 0.1) is 24.0 Å². The molecule has 3 rings (SSSR count). The molecule has 1 aromatic carbocycles. The van der Waals surface area contributed by atoms with Gasteiger partial charge in [-0.1, -0.05) is 12.1 Å².